The molecule has 5 rings (SSSR count). The number of ketones is 1. The number of aromatic hydroxyl groups is 1. The Morgan fingerprint density at radius 2 is 1.65 bits per heavy atom. The number of hydrogen-bond acceptors (Lipinski definition) is 5. The lowest BCUT2D eigenvalue weighted by molar-refractivity contribution is -0.116. The summed E-state index contributed by atoms with van der Waals surface area (Å²) in [5.74, 6) is 0.726. The third kappa shape index (κ3) is 3.52. The second kappa shape index (κ2) is 7.84. The summed E-state index contributed by atoms with van der Waals surface area (Å²) in [7, 11) is 1.52. The van der Waals surface area contributed by atoms with E-state index < -0.39 is 0 Å². The molecular formula is C26H24N2O3. The molecule has 31 heavy (non-hydrogen) atoms. The summed E-state index contributed by atoms with van der Waals surface area (Å²) in [6.45, 7) is 0. The number of carbonyl (C=O) groups is 1. The van der Waals surface area contributed by atoms with E-state index >= 15 is 0 Å². The van der Waals surface area contributed by atoms with Gasteiger partial charge in [0, 0.05) is 17.7 Å². The van der Waals surface area contributed by atoms with E-state index in [2.05, 4.69) is 22.8 Å². The highest BCUT2D eigenvalue weighted by Gasteiger charge is 2.36. The second-order valence-electron chi connectivity index (χ2n) is 8.01. The molecule has 0 amide bonds. The zero-order valence-electron chi connectivity index (χ0n) is 17.3. The molecule has 156 valence electrons. The molecule has 2 atom stereocenters. The smallest absolute Gasteiger partial charge is 0.163 e. The Balaban J connectivity index is 1.63. The van der Waals surface area contributed by atoms with Crippen LogP contribution in [0.15, 0.2) is 84.1 Å². The predicted molar refractivity (Wildman–Crippen MR) is 122 cm³/mol. The molecule has 1 heterocycles. The van der Waals surface area contributed by atoms with Crippen LogP contribution in [-0.2, 0) is 4.79 Å². The van der Waals surface area contributed by atoms with Gasteiger partial charge in [0.1, 0.15) is 0 Å². The molecule has 2 aliphatic rings. The fourth-order valence-corrected chi connectivity index (χ4v) is 4.58. The number of benzene rings is 3. The summed E-state index contributed by atoms with van der Waals surface area (Å²) in [5, 5.41) is 17.2. The normalized spacial score (nSPS) is 20.1. The third-order valence-electron chi connectivity index (χ3n) is 6.12. The number of rotatable bonds is 3. The third-order valence-corrected chi connectivity index (χ3v) is 6.12. The second-order valence-corrected chi connectivity index (χ2v) is 8.01. The standard InChI is InChI=1S/C26H24N2O3/c1-31-24-15-17(11-12-22(24)29)26-25-21(27-19-9-5-6-10-20(19)28-26)13-18(14-23(25)30)16-7-3-2-4-8-16/h2-12,15,18,26-29H,13-14H2,1H3/t18-,26+/m1/s1. The van der Waals surface area contributed by atoms with E-state index in [1.54, 1.807) is 12.1 Å². The molecular weight excluding hydrogens is 388 g/mol. The lowest BCUT2D eigenvalue weighted by atomic mass is 9.78. The highest BCUT2D eigenvalue weighted by Crippen LogP contribution is 2.45. The Morgan fingerprint density at radius 3 is 2.42 bits per heavy atom. The maximum Gasteiger partial charge on any atom is 0.163 e. The van der Waals surface area contributed by atoms with Crippen LogP contribution in [0, 0.1) is 0 Å². The lowest BCUT2D eigenvalue weighted by Gasteiger charge is -2.30. The fourth-order valence-electron chi connectivity index (χ4n) is 4.58. The predicted octanol–water partition coefficient (Wildman–Crippen LogP) is 5.38. The molecule has 0 aromatic heterocycles. The zero-order chi connectivity index (χ0) is 21.4. The van der Waals surface area contributed by atoms with Crippen molar-refractivity contribution in [2.75, 3.05) is 17.7 Å². The minimum absolute atomic E-state index is 0.0757. The first-order valence-corrected chi connectivity index (χ1v) is 10.4. The SMILES string of the molecule is COc1cc([C@@H]2Nc3ccccc3NC3=C2C(=O)C[C@H](c2ccccc2)C3)ccc1O. The molecule has 0 unspecified atom stereocenters. The van der Waals surface area contributed by atoms with Crippen LogP contribution in [0.1, 0.15) is 35.9 Å². The van der Waals surface area contributed by atoms with Crippen molar-refractivity contribution >= 4 is 17.2 Å². The number of methoxy groups -OCH3 is 1. The average Bonchev–Trinajstić information content (AvgIpc) is 2.97. The van der Waals surface area contributed by atoms with Crippen molar-refractivity contribution in [1.29, 1.82) is 0 Å². The molecule has 3 aromatic carbocycles. The Hall–Kier alpha value is -3.73. The van der Waals surface area contributed by atoms with Crippen molar-refractivity contribution in [2.24, 2.45) is 0 Å². The molecule has 1 aliphatic carbocycles. The molecule has 0 fully saturated rings. The van der Waals surface area contributed by atoms with E-state index in [9.17, 15) is 9.90 Å². The number of ether oxygens (including phenoxy) is 1. The topological polar surface area (TPSA) is 70.6 Å². The highest BCUT2D eigenvalue weighted by atomic mass is 16.5. The van der Waals surface area contributed by atoms with Crippen molar-refractivity contribution < 1.29 is 14.6 Å². The Labute approximate surface area is 181 Å². The van der Waals surface area contributed by atoms with Gasteiger partial charge in [-0.15, -0.1) is 0 Å². The highest BCUT2D eigenvalue weighted by molar-refractivity contribution is 6.01. The van der Waals surface area contributed by atoms with Gasteiger partial charge in [-0.1, -0.05) is 48.5 Å². The summed E-state index contributed by atoms with van der Waals surface area (Å²) < 4.78 is 5.32. The first-order chi connectivity index (χ1) is 15.1. The number of Topliss-reactive ketones (excluding diaryl/α,β-unsaturated/α-hetero) is 1. The largest absolute Gasteiger partial charge is 0.504 e. The van der Waals surface area contributed by atoms with Gasteiger partial charge in [-0.3, -0.25) is 4.79 Å². The van der Waals surface area contributed by atoms with E-state index in [-0.39, 0.29) is 23.5 Å². The van der Waals surface area contributed by atoms with Crippen molar-refractivity contribution in [2.45, 2.75) is 24.8 Å². The monoisotopic (exact) mass is 412 g/mol. The van der Waals surface area contributed by atoms with Gasteiger partial charge in [-0.05, 0) is 47.7 Å². The number of fused-ring (bicyclic) bond motifs is 1. The number of hydrogen-bond donors (Lipinski definition) is 3. The fraction of sp³-hybridized carbons (Fsp3) is 0.192. The maximum absolute atomic E-state index is 13.5. The van der Waals surface area contributed by atoms with Crippen LogP contribution in [0.3, 0.4) is 0 Å². The molecule has 3 aromatic rings. The quantitative estimate of drug-likeness (QED) is 0.539. The first-order valence-electron chi connectivity index (χ1n) is 10.4. The van der Waals surface area contributed by atoms with Crippen molar-refractivity contribution in [3.63, 3.8) is 0 Å². The minimum Gasteiger partial charge on any atom is -0.504 e. The van der Waals surface area contributed by atoms with Crippen LogP contribution in [-0.4, -0.2) is 18.0 Å². The van der Waals surface area contributed by atoms with Gasteiger partial charge in [0.05, 0.1) is 24.5 Å². The molecule has 1 aliphatic heterocycles. The lowest BCUT2D eigenvalue weighted by Crippen LogP contribution is -2.26. The number of para-hydroxylation sites is 2. The Morgan fingerprint density at radius 1 is 0.903 bits per heavy atom. The molecule has 0 bridgehead atoms. The van der Waals surface area contributed by atoms with Crippen molar-refractivity contribution in [3.8, 4) is 11.5 Å². The van der Waals surface area contributed by atoms with Gasteiger partial charge in [0.25, 0.3) is 0 Å². The van der Waals surface area contributed by atoms with Crippen molar-refractivity contribution in [1.82, 2.24) is 0 Å². The molecule has 5 nitrogen and oxygen atoms in total. The molecule has 0 radical (unpaired) electrons. The average molecular weight is 412 g/mol. The number of phenols is 1. The molecule has 0 spiro atoms. The van der Waals surface area contributed by atoms with Crippen LogP contribution >= 0.6 is 0 Å². The van der Waals surface area contributed by atoms with Gasteiger partial charge in [-0.2, -0.15) is 0 Å². The maximum atomic E-state index is 13.5. The summed E-state index contributed by atoms with van der Waals surface area (Å²) in [6, 6.07) is 23.1. The Bertz CT molecular complexity index is 1170. The van der Waals surface area contributed by atoms with Gasteiger partial charge < -0.3 is 20.5 Å². The van der Waals surface area contributed by atoms with E-state index in [1.165, 1.54) is 12.7 Å². The van der Waals surface area contributed by atoms with Crippen LogP contribution in [0.5, 0.6) is 11.5 Å². The molecule has 0 saturated heterocycles. The van der Waals surface area contributed by atoms with Gasteiger partial charge >= 0.3 is 0 Å². The van der Waals surface area contributed by atoms with Crippen LogP contribution in [0.25, 0.3) is 0 Å². The number of carbonyl (C=O) groups excluding carboxylic acids is 1. The van der Waals surface area contributed by atoms with E-state index in [1.807, 2.05) is 48.5 Å². The van der Waals surface area contributed by atoms with E-state index in [0.29, 0.717) is 12.2 Å². The molecule has 5 heteroatoms. The van der Waals surface area contributed by atoms with E-state index in [4.69, 9.17) is 4.74 Å². The van der Waals surface area contributed by atoms with Crippen LogP contribution in [0.2, 0.25) is 0 Å². The van der Waals surface area contributed by atoms with E-state index in [0.717, 1.165) is 34.6 Å². The van der Waals surface area contributed by atoms with Crippen molar-refractivity contribution in [3.05, 3.63) is 95.2 Å². The van der Waals surface area contributed by atoms with Gasteiger partial charge in [-0.25, -0.2) is 0 Å². The molecule has 3 N–H and O–H groups in total. The number of anilines is 2. The summed E-state index contributed by atoms with van der Waals surface area (Å²) in [4.78, 5) is 13.5. The number of nitrogens with one attached hydrogen (secondary N) is 2. The zero-order valence-corrected chi connectivity index (χ0v) is 17.3. The summed E-state index contributed by atoms with van der Waals surface area (Å²) in [5.41, 5.74) is 5.61. The van der Waals surface area contributed by atoms with Crippen LogP contribution in [0.4, 0.5) is 11.4 Å². The number of phenolic OH excluding ortho intramolecular Hbond substituents is 1. The molecule has 0 saturated carbocycles. The van der Waals surface area contributed by atoms with Gasteiger partial charge in [0.15, 0.2) is 17.3 Å². The summed E-state index contributed by atoms with van der Waals surface area (Å²) in [6.07, 6.45) is 1.22. The summed E-state index contributed by atoms with van der Waals surface area (Å²) >= 11 is 0. The first kappa shape index (κ1) is 19.2. The number of allylic oxidation sites excluding steroid dienone is 1. The minimum atomic E-state index is -0.343. The van der Waals surface area contributed by atoms with Gasteiger partial charge in [0.2, 0.25) is 0 Å². The van der Waals surface area contributed by atoms with Crippen LogP contribution < -0.4 is 15.4 Å². The Kier molecular flexibility index (Phi) is 4.86.